The number of halogens is 1. The van der Waals surface area contributed by atoms with Crippen molar-refractivity contribution in [3.8, 4) is 0 Å². The highest BCUT2D eigenvalue weighted by molar-refractivity contribution is 6.29. The largest absolute Gasteiger partial charge is 0.399 e. The molecule has 90 valence electrons. The van der Waals surface area contributed by atoms with Crippen LogP contribution in [-0.2, 0) is 6.42 Å². The number of nitrogens with zero attached hydrogens (tertiary/aromatic N) is 3. The molecule has 17 heavy (non-hydrogen) atoms. The van der Waals surface area contributed by atoms with Crippen LogP contribution in [0.3, 0.4) is 0 Å². The lowest BCUT2D eigenvalue weighted by Crippen LogP contribution is -2.05. The number of rotatable bonds is 5. The third kappa shape index (κ3) is 3.60. The molecule has 0 aliphatic rings. The van der Waals surface area contributed by atoms with Gasteiger partial charge in [0.2, 0.25) is 0 Å². The van der Waals surface area contributed by atoms with Gasteiger partial charge in [0.15, 0.2) is 0 Å². The smallest absolute Gasteiger partial charge is 0.137 e. The van der Waals surface area contributed by atoms with E-state index in [9.17, 15) is 0 Å². The molecular weight excluding hydrogens is 240 g/mol. The van der Waals surface area contributed by atoms with E-state index in [1.807, 2.05) is 0 Å². The minimum absolute atomic E-state index is 0.391. The van der Waals surface area contributed by atoms with E-state index in [1.54, 1.807) is 12.1 Å². The van der Waals surface area contributed by atoms with Crippen LogP contribution in [0.15, 0.2) is 18.5 Å². The highest BCUT2D eigenvalue weighted by Crippen LogP contribution is 2.15. The van der Waals surface area contributed by atoms with Crippen LogP contribution in [0.1, 0.15) is 12.2 Å². The first kappa shape index (κ1) is 11.7. The summed E-state index contributed by atoms with van der Waals surface area (Å²) in [6.45, 7) is 0.771. The number of hydrogen-bond donors (Lipinski definition) is 3. The molecule has 6 nitrogen and oxygen atoms in total. The second kappa shape index (κ2) is 5.49. The van der Waals surface area contributed by atoms with Gasteiger partial charge in [-0.3, -0.25) is 5.10 Å². The second-order valence-electron chi connectivity index (χ2n) is 3.57. The number of H-pyrrole nitrogens is 1. The third-order valence-electron chi connectivity index (χ3n) is 2.18. The number of aryl methyl sites for hydroxylation is 1. The molecule has 0 fully saturated rings. The van der Waals surface area contributed by atoms with Crippen LogP contribution in [0.2, 0.25) is 5.15 Å². The van der Waals surface area contributed by atoms with Crippen molar-refractivity contribution >= 4 is 23.1 Å². The summed E-state index contributed by atoms with van der Waals surface area (Å²) in [4.78, 5) is 8.14. The fourth-order valence-electron chi connectivity index (χ4n) is 1.43. The van der Waals surface area contributed by atoms with Gasteiger partial charge in [-0.1, -0.05) is 11.6 Å². The predicted molar refractivity (Wildman–Crippen MR) is 66.9 cm³/mol. The fraction of sp³-hybridized carbons (Fsp3) is 0.300. The Morgan fingerprint density at radius 3 is 3.00 bits per heavy atom. The number of aromatic amines is 1. The Morgan fingerprint density at radius 1 is 1.41 bits per heavy atom. The Bertz CT molecular complexity index is 449. The standard InChI is InChI=1S/C10H13ClN6/c11-8-4-7(12)5-10(16-8)13-3-1-2-9-14-6-15-17-9/h4-6H,1-3H2,(H3,12,13,16)(H,14,15,17). The molecule has 0 saturated heterocycles. The molecule has 4 N–H and O–H groups in total. The van der Waals surface area contributed by atoms with Gasteiger partial charge in [-0.05, 0) is 12.5 Å². The molecule has 0 unspecified atom stereocenters. The zero-order valence-electron chi connectivity index (χ0n) is 9.15. The van der Waals surface area contributed by atoms with Crippen molar-refractivity contribution in [3.05, 3.63) is 29.4 Å². The fourth-order valence-corrected chi connectivity index (χ4v) is 1.65. The molecule has 2 aromatic rings. The number of anilines is 2. The highest BCUT2D eigenvalue weighted by Gasteiger charge is 1.99. The summed E-state index contributed by atoms with van der Waals surface area (Å²) in [5, 5.41) is 10.1. The third-order valence-corrected chi connectivity index (χ3v) is 2.37. The first-order valence-corrected chi connectivity index (χ1v) is 5.63. The summed E-state index contributed by atoms with van der Waals surface area (Å²) in [5.41, 5.74) is 6.25. The van der Waals surface area contributed by atoms with Crippen LogP contribution in [0.25, 0.3) is 0 Å². The van der Waals surface area contributed by atoms with E-state index in [4.69, 9.17) is 17.3 Å². The Balaban J connectivity index is 1.78. The van der Waals surface area contributed by atoms with Gasteiger partial charge >= 0.3 is 0 Å². The summed E-state index contributed by atoms with van der Waals surface area (Å²) in [5.74, 6) is 1.57. The van der Waals surface area contributed by atoms with E-state index in [0.29, 0.717) is 16.7 Å². The average molecular weight is 253 g/mol. The molecular formula is C10H13ClN6. The normalized spacial score (nSPS) is 10.4. The van der Waals surface area contributed by atoms with Crippen molar-refractivity contribution < 1.29 is 0 Å². The number of aromatic nitrogens is 4. The molecule has 0 atom stereocenters. The van der Waals surface area contributed by atoms with Crippen molar-refractivity contribution in [1.29, 1.82) is 0 Å². The van der Waals surface area contributed by atoms with Crippen LogP contribution < -0.4 is 11.1 Å². The number of nitrogen functional groups attached to an aromatic ring is 1. The SMILES string of the molecule is Nc1cc(Cl)nc(NCCCc2ncn[nH]2)c1. The molecule has 0 saturated carbocycles. The Morgan fingerprint density at radius 2 is 2.29 bits per heavy atom. The summed E-state index contributed by atoms with van der Waals surface area (Å²) in [7, 11) is 0. The van der Waals surface area contributed by atoms with Gasteiger partial charge in [-0.25, -0.2) is 9.97 Å². The van der Waals surface area contributed by atoms with Gasteiger partial charge in [0, 0.05) is 24.7 Å². The van der Waals surface area contributed by atoms with Crippen LogP contribution in [0, 0.1) is 0 Å². The number of hydrogen-bond acceptors (Lipinski definition) is 5. The van der Waals surface area contributed by atoms with E-state index >= 15 is 0 Å². The zero-order chi connectivity index (χ0) is 12.1. The van der Waals surface area contributed by atoms with Gasteiger partial charge in [0.1, 0.15) is 23.1 Å². The van der Waals surface area contributed by atoms with Crippen molar-refractivity contribution in [2.75, 3.05) is 17.6 Å². The van der Waals surface area contributed by atoms with E-state index in [2.05, 4.69) is 25.5 Å². The summed E-state index contributed by atoms with van der Waals surface area (Å²) in [6.07, 6.45) is 3.26. The molecule has 0 amide bonds. The molecule has 0 aliphatic heterocycles. The Kier molecular flexibility index (Phi) is 3.77. The highest BCUT2D eigenvalue weighted by atomic mass is 35.5. The molecule has 2 aromatic heterocycles. The number of nitrogens with one attached hydrogen (secondary N) is 2. The van der Waals surface area contributed by atoms with Crippen molar-refractivity contribution in [1.82, 2.24) is 20.2 Å². The van der Waals surface area contributed by atoms with Crippen molar-refractivity contribution in [2.45, 2.75) is 12.8 Å². The topological polar surface area (TPSA) is 92.5 Å². The Hall–Kier alpha value is -1.82. The molecule has 0 radical (unpaired) electrons. The maximum Gasteiger partial charge on any atom is 0.137 e. The van der Waals surface area contributed by atoms with E-state index in [0.717, 1.165) is 25.2 Å². The van der Waals surface area contributed by atoms with Crippen LogP contribution >= 0.6 is 11.6 Å². The van der Waals surface area contributed by atoms with E-state index in [-0.39, 0.29) is 0 Å². The van der Waals surface area contributed by atoms with Gasteiger partial charge in [-0.2, -0.15) is 5.10 Å². The molecule has 0 aromatic carbocycles. The van der Waals surface area contributed by atoms with Gasteiger partial charge in [0.05, 0.1) is 0 Å². The molecule has 0 aliphatic carbocycles. The van der Waals surface area contributed by atoms with Crippen molar-refractivity contribution in [3.63, 3.8) is 0 Å². The first-order valence-electron chi connectivity index (χ1n) is 5.25. The minimum Gasteiger partial charge on any atom is -0.399 e. The lowest BCUT2D eigenvalue weighted by Gasteiger charge is -2.05. The minimum atomic E-state index is 0.391. The van der Waals surface area contributed by atoms with Crippen molar-refractivity contribution in [2.24, 2.45) is 0 Å². The van der Waals surface area contributed by atoms with E-state index < -0.39 is 0 Å². The van der Waals surface area contributed by atoms with Gasteiger partial charge < -0.3 is 11.1 Å². The lowest BCUT2D eigenvalue weighted by molar-refractivity contribution is 0.803. The monoisotopic (exact) mass is 252 g/mol. The molecule has 0 spiro atoms. The van der Waals surface area contributed by atoms with Crippen LogP contribution in [-0.4, -0.2) is 26.7 Å². The maximum atomic E-state index is 5.79. The van der Waals surface area contributed by atoms with E-state index in [1.165, 1.54) is 6.33 Å². The quantitative estimate of drug-likeness (QED) is 0.554. The zero-order valence-corrected chi connectivity index (χ0v) is 9.91. The Labute approximate surface area is 104 Å². The summed E-state index contributed by atoms with van der Waals surface area (Å²) < 4.78 is 0. The molecule has 0 bridgehead atoms. The van der Waals surface area contributed by atoms with Crippen LogP contribution in [0.5, 0.6) is 0 Å². The first-order chi connectivity index (χ1) is 8.24. The lowest BCUT2D eigenvalue weighted by atomic mass is 10.3. The average Bonchev–Trinajstić information content (AvgIpc) is 2.76. The molecule has 2 rings (SSSR count). The summed E-state index contributed by atoms with van der Waals surface area (Å²) >= 11 is 5.79. The molecule has 7 heteroatoms. The van der Waals surface area contributed by atoms with Gasteiger partial charge in [0.25, 0.3) is 0 Å². The maximum absolute atomic E-state index is 5.79. The number of nitrogens with two attached hydrogens (primary N) is 1. The predicted octanol–water partition coefficient (Wildman–Crippen LogP) is 1.48. The second-order valence-corrected chi connectivity index (χ2v) is 3.96. The molecule has 2 heterocycles. The van der Waals surface area contributed by atoms with Gasteiger partial charge in [-0.15, -0.1) is 0 Å². The van der Waals surface area contributed by atoms with Crippen LogP contribution in [0.4, 0.5) is 11.5 Å². The number of pyridine rings is 1. The summed E-state index contributed by atoms with van der Waals surface area (Å²) in [6, 6.07) is 3.36.